The summed E-state index contributed by atoms with van der Waals surface area (Å²) < 4.78 is 69.2. The van der Waals surface area contributed by atoms with E-state index in [-0.39, 0.29) is 72.3 Å². The van der Waals surface area contributed by atoms with Crippen molar-refractivity contribution in [2.24, 2.45) is 0 Å². The molecule has 40 heavy (non-hydrogen) atoms. The fraction of sp³-hybridized carbons (Fsp3) is 1.00. The van der Waals surface area contributed by atoms with Crippen LogP contribution >= 0.6 is 0 Å². The van der Waals surface area contributed by atoms with E-state index in [0.29, 0.717) is 12.8 Å². The van der Waals surface area contributed by atoms with Gasteiger partial charge in [0, 0.05) is 0 Å². The Hall–Kier alpha value is 1.74. The van der Waals surface area contributed by atoms with Crippen LogP contribution in [0, 0.1) is 0 Å². The molecule has 0 spiro atoms. The van der Waals surface area contributed by atoms with Gasteiger partial charge in [0.15, 0.2) is 0 Å². The average Bonchev–Trinajstić information content (AvgIpc) is 2.84. The number of hydrogen-bond donors (Lipinski definition) is 0. The van der Waals surface area contributed by atoms with E-state index in [2.05, 4.69) is 22.2 Å². The van der Waals surface area contributed by atoms with Crippen LogP contribution in [-0.2, 0) is 29.2 Å². The molecule has 8 nitrogen and oxygen atoms in total. The number of rotatable bonds is 28. The van der Waals surface area contributed by atoms with Gasteiger partial charge in [-0.2, -0.15) is 0 Å². The summed E-state index contributed by atoms with van der Waals surface area (Å²) in [6, 6.07) is 0. The Morgan fingerprint density at radius 2 is 0.550 bits per heavy atom. The van der Waals surface area contributed by atoms with E-state index < -0.39 is 20.8 Å². The van der Waals surface area contributed by atoms with Crippen LogP contribution < -0.4 is 59.1 Å². The van der Waals surface area contributed by atoms with Crippen LogP contribution in [0.15, 0.2) is 0 Å². The first-order chi connectivity index (χ1) is 18.1. The molecule has 12 heteroatoms. The summed E-state index contributed by atoms with van der Waals surface area (Å²) in [5.41, 5.74) is 0. The maximum atomic E-state index is 10.2. The molecule has 0 fully saturated rings. The zero-order valence-corrected chi connectivity index (χ0v) is 32.1. The van der Waals surface area contributed by atoms with E-state index in [4.69, 9.17) is 0 Å². The molecule has 0 N–H and O–H groups in total. The third kappa shape index (κ3) is 52.4. The molecule has 0 aromatic rings. The molecule has 0 saturated carbocycles. The smallest absolute Gasteiger partial charge is 0.726 e. The van der Waals surface area contributed by atoms with Gasteiger partial charge in [0.2, 0.25) is 20.8 Å². The summed E-state index contributed by atoms with van der Waals surface area (Å²) in [6.45, 7) is 4.52. The SMILES string of the molecule is CCCCCCCCCCCCCCCCOS(=O)(=O)[O-].CCCCCCCCCCCCOS(=O)(=O)[O-].[Na+].[Na+]. The predicted molar refractivity (Wildman–Crippen MR) is 153 cm³/mol. The minimum Gasteiger partial charge on any atom is -0.726 e. The minimum atomic E-state index is -4.49. The molecule has 0 aliphatic heterocycles. The van der Waals surface area contributed by atoms with E-state index in [1.165, 1.54) is 116 Å². The van der Waals surface area contributed by atoms with Crippen molar-refractivity contribution >= 4 is 20.8 Å². The van der Waals surface area contributed by atoms with Gasteiger partial charge in [-0.3, -0.25) is 8.37 Å². The van der Waals surface area contributed by atoms with E-state index in [0.717, 1.165) is 25.7 Å². The minimum absolute atomic E-state index is 0. The molecule has 0 aromatic carbocycles. The number of hydrogen-bond acceptors (Lipinski definition) is 8. The Bertz CT molecular complexity index is 678. The van der Waals surface area contributed by atoms with E-state index in [1.54, 1.807) is 0 Å². The molecule has 0 aliphatic rings. The van der Waals surface area contributed by atoms with Crippen LogP contribution in [-0.4, -0.2) is 39.2 Å². The number of unbranched alkanes of at least 4 members (excludes halogenated alkanes) is 22. The normalized spacial score (nSPS) is 11.3. The van der Waals surface area contributed by atoms with Crippen molar-refractivity contribution in [2.75, 3.05) is 13.2 Å². The summed E-state index contributed by atoms with van der Waals surface area (Å²) in [6.07, 6.45) is 29.1. The van der Waals surface area contributed by atoms with Gasteiger partial charge in [0.05, 0.1) is 13.2 Å². The molecule has 0 radical (unpaired) electrons. The van der Waals surface area contributed by atoms with Gasteiger partial charge in [-0.05, 0) is 12.8 Å². The van der Waals surface area contributed by atoms with Gasteiger partial charge < -0.3 is 9.11 Å². The molecule has 0 aliphatic carbocycles. The fourth-order valence-electron chi connectivity index (χ4n) is 4.21. The van der Waals surface area contributed by atoms with Gasteiger partial charge in [-0.15, -0.1) is 0 Å². The molecular weight excluding hydrogens is 574 g/mol. The zero-order valence-electron chi connectivity index (χ0n) is 26.5. The maximum Gasteiger partial charge on any atom is 1.00 e. The van der Waals surface area contributed by atoms with Crippen LogP contribution in [0.1, 0.15) is 168 Å². The van der Waals surface area contributed by atoms with Crippen LogP contribution in [0.4, 0.5) is 0 Å². The van der Waals surface area contributed by atoms with Crippen molar-refractivity contribution in [3.05, 3.63) is 0 Å². The topological polar surface area (TPSA) is 133 Å². The van der Waals surface area contributed by atoms with Gasteiger partial charge in [0.1, 0.15) is 0 Å². The summed E-state index contributed by atoms with van der Waals surface area (Å²) >= 11 is 0. The van der Waals surface area contributed by atoms with E-state index in [1.807, 2.05) is 0 Å². The first kappa shape index (κ1) is 48.6. The van der Waals surface area contributed by atoms with Crippen LogP contribution in [0.25, 0.3) is 0 Å². The monoisotopic (exact) mass is 632 g/mol. The maximum absolute atomic E-state index is 10.2. The predicted octanol–water partition coefficient (Wildman–Crippen LogP) is 2.34. The third-order valence-electron chi connectivity index (χ3n) is 6.45. The Morgan fingerprint density at radius 3 is 0.725 bits per heavy atom. The second-order valence-electron chi connectivity index (χ2n) is 10.2. The molecule has 0 atom stereocenters. The van der Waals surface area contributed by atoms with Gasteiger partial charge >= 0.3 is 59.1 Å². The van der Waals surface area contributed by atoms with E-state index >= 15 is 0 Å². The van der Waals surface area contributed by atoms with Crippen LogP contribution in [0.2, 0.25) is 0 Å². The molecule has 0 rings (SSSR count). The average molecular weight is 633 g/mol. The molecule has 0 aromatic heterocycles. The van der Waals surface area contributed by atoms with Crippen molar-refractivity contribution in [1.29, 1.82) is 0 Å². The molecule has 0 heterocycles. The quantitative estimate of drug-likeness (QED) is 0.0556. The Labute approximate surface area is 292 Å². The summed E-state index contributed by atoms with van der Waals surface area (Å²) in [4.78, 5) is 0. The first-order valence-electron chi connectivity index (χ1n) is 15.3. The molecule has 0 amide bonds. The fourth-order valence-corrected chi connectivity index (χ4v) is 4.85. The molecule has 232 valence electrons. The summed E-state index contributed by atoms with van der Waals surface area (Å²) in [5.74, 6) is 0. The largest absolute Gasteiger partial charge is 1.00 e. The first-order valence-corrected chi connectivity index (χ1v) is 18.0. The van der Waals surface area contributed by atoms with Crippen molar-refractivity contribution in [3.63, 3.8) is 0 Å². The summed E-state index contributed by atoms with van der Waals surface area (Å²) in [5, 5.41) is 0. The van der Waals surface area contributed by atoms with Crippen molar-refractivity contribution in [2.45, 2.75) is 168 Å². The second-order valence-corrected chi connectivity index (χ2v) is 12.3. The second kappa shape index (κ2) is 36.9. The molecule has 0 saturated heterocycles. The molecule has 0 unspecified atom stereocenters. The van der Waals surface area contributed by atoms with Gasteiger partial charge in [0.25, 0.3) is 0 Å². The zero-order chi connectivity index (χ0) is 28.8. The Balaban J connectivity index is -0.000000315. The van der Waals surface area contributed by atoms with Gasteiger partial charge in [-0.25, -0.2) is 16.8 Å². The van der Waals surface area contributed by atoms with Crippen LogP contribution in [0.5, 0.6) is 0 Å². The van der Waals surface area contributed by atoms with Crippen molar-refractivity contribution in [3.8, 4) is 0 Å². The molecule has 0 bridgehead atoms. The molecular formula is C28H58Na2O8S2. The Morgan fingerprint density at radius 1 is 0.375 bits per heavy atom. The van der Waals surface area contributed by atoms with Crippen LogP contribution in [0.3, 0.4) is 0 Å². The van der Waals surface area contributed by atoms with E-state index in [9.17, 15) is 25.9 Å². The van der Waals surface area contributed by atoms with Crippen molar-refractivity contribution < 1.29 is 93.4 Å². The standard InChI is InChI=1S/C16H34O4S.C12H26O4S.2Na/c1-2-3-4-5-6-7-8-9-10-11-12-13-14-15-16-20-21(17,18)19;1-2-3-4-5-6-7-8-9-10-11-12-16-17(13,14)15;;/h2-16H2,1H3,(H,17,18,19);2-12H2,1H3,(H,13,14,15);;/q;;2*+1/p-2. The third-order valence-corrected chi connectivity index (χ3v) is 7.36. The summed E-state index contributed by atoms with van der Waals surface area (Å²) in [7, 11) is -8.98. The van der Waals surface area contributed by atoms with Gasteiger partial charge in [-0.1, -0.05) is 155 Å². The Kier molecular flexibility index (Phi) is 44.9. The van der Waals surface area contributed by atoms with Crippen molar-refractivity contribution in [1.82, 2.24) is 0 Å².